The Morgan fingerprint density at radius 3 is 2.90 bits per heavy atom. The van der Waals surface area contributed by atoms with Crippen molar-refractivity contribution in [3.63, 3.8) is 0 Å². The first-order valence-electron chi connectivity index (χ1n) is 6.14. The molecular weight excluding hydrogens is 297 g/mol. The van der Waals surface area contributed by atoms with Crippen LogP contribution in [-0.4, -0.2) is 35.6 Å². The van der Waals surface area contributed by atoms with E-state index in [4.69, 9.17) is 11.6 Å². The molecule has 1 aromatic heterocycles. The van der Waals surface area contributed by atoms with Crippen LogP contribution >= 0.6 is 11.6 Å². The summed E-state index contributed by atoms with van der Waals surface area (Å²) >= 11 is 5.79. The van der Waals surface area contributed by atoms with Crippen molar-refractivity contribution in [2.45, 2.75) is 19.1 Å². The van der Waals surface area contributed by atoms with Gasteiger partial charge in [-0.1, -0.05) is 11.6 Å². The molecule has 9 heteroatoms. The number of alkyl halides is 3. The molecule has 5 nitrogen and oxygen atoms in total. The fourth-order valence-corrected chi connectivity index (χ4v) is 2.23. The molecule has 1 unspecified atom stereocenters. The maximum atomic E-state index is 12.2. The van der Waals surface area contributed by atoms with Crippen molar-refractivity contribution in [2.75, 3.05) is 25.0 Å². The van der Waals surface area contributed by atoms with Crippen molar-refractivity contribution < 1.29 is 13.2 Å². The normalized spacial score (nSPS) is 19.3. The lowest BCUT2D eigenvalue weighted by molar-refractivity contribution is -0.143. The van der Waals surface area contributed by atoms with Gasteiger partial charge < -0.3 is 10.6 Å². The zero-order chi connectivity index (χ0) is 14.8. The van der Waals surface area contributed by atoms with E-state index in [0.717, 1.165) is 25.7 Å². The van der Waals surface area contributed by atoms with Crippen LogP contribution in [0.15, 0.2) is 11.0 Å². The summed E-state index contributed by atoms with van der Waals surface area (Å²) in [5, 5.41) is 9.37. The average molecular weight is 311 g/mol. The van der Waals surface area contributed by atoms with Gasteiger partial charge in [0, 0.05) is 6.54 Å². The molecule has 0 aromatic carbocycles. The van der Waals surface area contributed by atoms with Crippen LogP contribution in [-0.2, 0) is 6.54 Å². The lowest BCUT2D eigenvalue weighted by Crippen LogP contribution is -2.31. The molecule has 2 heterocycles. The molecule has 1 atom stereocenters. The van der Waals surface area contributed by atoms with Crippen molar-refractivity contribution in [1.82, 2.24) is 15.1 Å². The second-order valence-electron chi connectivity index (χ2n) is 4.69. The topological polar surface area (TPSA) is 59.0 Å². The predicted molar refractivity (Wildman–Crippen MR) is 69.0 cm³/mol. The minimum absolute atomic E-state index is 0.266. The number of aromatic nitrogens is 2. The van der Waals surface area contributed by atoms with Gasteiger partial charge in [0.2, 0.25) is 0 Å². The number of halogens is 4. The van der Waals surface area contributed by atoms with Crippen LogP contribution in [0, 0.1) is 5.92 Å². The van der Waals surface area contributed by atoms with Crippen LogP contribution in [0.1, 0.15) is 6.42 Å². The number of hydrogen-bond donors (Lipinski definition) is 2. The van der Waals surface area contributed by atoms with Gasteiger partial charge in [-0.2, -0.15) is 18.3 Å². The number of hydrogen-bond acceptors (Lipinski definition) is 4. The van der Waals surface area contributed by atoms with E-state index >= 15 is 0 Å². The third-order valence-electron chi connectivity index (χ3n) is 3.06. The van der Waals surface area contributed by atoms with E-state index in [-0.39, 0.29) is 10.7 Å². The fraction of sp³-hybridized carbons (Fsp3) is 0.636. The fourth-order valence-electron chi connectivity index (χ4n) is 2.01. The Bertz CT molecular complexity index is 525. The highest BCUT2D eigenvalue weighted by molar-refractivity contribution is 6.32. The molecule has 0 bridgehead atoms. The molecule has 0 radical (unpaired) electrons. The van der Waals surface area contributed by atoms with E-state index in [0.29, 0.717) is 17.1 Å². The van der Waals surface area contributed by atoms with Crippen molar-refractivity contribution in [3.8, 4) is 0 Å². The van der Waals surface area contributed by atoms with Gasteiger partial charge in [0.1, 0.15) is 11.6 Å². The van der Waals surface area contributed by atoms with Gasteiger partial charge >= 0.3 is 6.18 Å². The van der Waals surface area contributed by atoms with Crippen LogP contribution in [0.3, 0.4) is 0 Å². The maximum Gasteiger partial charge on any atom is 0.408 e. The van der Waals surface area contributed by atoms with Crippen LogP contribution in [0.4, 0.5) is 18.9 Å². The Morgan fingerprint density at radius 2 is 2.30 bits per heavy atom. The summed E-state index contributed by atoms with van der Waals surface area (Å²) in [6.07, 6.45) is -2.36. The Balaban J connectivity index is 2.07. The quantitative estimate of drug-likeness (QED) is 0.884. The summed E-state index contributed by atoms with van der Waals surface area (Å²) in [7, 11) is 0. The van der Waals surface area contributed by atoms with Gasteiger partial charge in [0.25, 0.3) is 5.56 Å². The van der Waals surface area contributed by atoms with Crippen LogP contribution < -0.4 is 16.2 Å². The number of rotatable bonds is 4. The van der Waals surface area contributed by atoms with Gasteiger partial charge in [0.15, 0.2) is 0 Å². The van der Waals surface area contributed by atoms with Crippen molar-refractivity contribution >= 4 is 17.3 Å². The highest BCUT2D eigenvalue weighted by Gasteiger charge is 2.29. The van der Waals surface area contributed by atoms with Crippen LogP contribution in [0.5, 0.6) is 0 Å². The molecule has 1 saturated heterocycles. The summed E-state index contributed by atoms with van der Waals surface area (Å²) in [5.41, 5.74) is -0.680. The highest BCUT2D eigenvalue weighted by Crippen LogP contribution is 2.19. The Labute approximate surface area is 118 Å². The van der Waals surface area contributed by atoms with E-state index in [9.17, 15) is 18.0 Å². The molecule has 1 fully saturated rings. The zero-order valence-corrected chi connectivity index (χ0v) is 11.3. The van der Waals surface area contributed by atoms with Gasteiger partial charge in [0.05, 0.1) is 11.9 Å². The molecule has 1 aliphatic heterocycles. The largest absolute Gasteiger partial charge is 0.408 e. The summed E-state index contributed by atoms with van der Waals surface area (Å²) in [6, 6.07) is 0. The summed E-state index contributed by atoms with van der Waals surface area (Å²) < 4.78 is 37.0. The van der Waals surface area contributed by atoms with E-state index in [1.807, 2.05) is 0 Å². The Morgan fingerprint density at radius 1 is 1.55 bits per heavy atom. The van der Waals surface area contributed by atoms with Gasteiger partial charge in [-0.15, -0.1) is 0 Å². The minimum Gasteiger partial charge on any atom is -0.382 e. The molecule has 1 aliphatic rings. The van der Waals surface area contributed by atoms with Gasteiger partial charge in [-0.3, -0.25) is 4.79 Å². The molecule has 2 rings (SSSR count). The minimum atomic E-state index is -4.51. The number of nitrogens with one attached hydrogen (secondary N) is 2. The third kappa shape index (κ3) is 3.86. The summed E-state index contributed by atoms with van der Waals surface area (Å²) in [5.74, 6) is 0.406. The highest BCUT2D eigenvalue weighted by atomic mass is 35.5. The molecule has 20 heavy (non-hydrogen) atoms. The van der Waals surface area contributed by atoms with E-state index in [1.165, 1.54) is 0 Å². The SMILES string of the molecule is O=c1c(Cl)c(NCC2CCNC2)cnn1CC(F)(F)F. The number of anilines is 1. The molecule has 0 aliphatic carbocycles. The monoisotopic (exact) mass is 310 g/mol. The smallest absolute Gasteiger partial charge is 0.382 e. The first-order valence-corrected chi connectivity index (χ1v) is 6.51. The van der Waals surface area contributed by atoms with Crippen molar-refractivity contribution in [1.29, 1.82) is 0 Å². The standard InChI is InChI=1S/C11H14ClF3N4O/c12-9-8(17-4-7-1-2-16-3-7)5-18-19(10(9)20)6-11(13,14)15/h5,7,16-17H,1-4,6H2. The second kappa shape index (κ2) is 6.01. The predicted octanol–water partition coefficient (Wildman–Crippen LogP) is 1.48. The van der Waals surface area contributed by atoms with E-state index in [1.54, 1.807) is 0 Å². The molecule has 2 N–H and O–H groups in total. The Kier molecular flexibility index (Phi) is 4.54. The molecule has 0 amide bonds. The van der Waals surface area contributed by atoms with E-state index < -0.39 is 18.3 Å². The molecular formula is C11H14ClF3N4O. The van der Waals surface area contributed by atoms with Crippen molar-refractivity contribution in [3.05, 3.63) is 21.6 Å². The van der Waals surface area contributed by atoms with Crippen LogP contribution in [0.25, 0.3) is 0 Å². The Hall–Kier alpha value is -1.28. The summed E-state index contributed by atoms with van der Waals surface area (Å²) in [4.78, 5) is 11.7. The molecule has 112 valence electrons. The lowest BCUT2D eigenvalue weighted by atomic mass is 10.1. The average Bonchev–Trinajstić information content (AvgIpc) is 2.86. The molecule has 1 aromatic rings. The molecule has 0 saturated carbocycles. The van der Waals surface area contributed by atoms with E-state index in [2.05, 4.69) is 15.7 Å². The third-order valence-corrected chi connectivity index (χ3v) is 3.42. The van der Waals surface area contributed by atoms with Crippen molar-refractivity contribution in [2.24, 2.45) is 5.92 Å². The summed E-state index contributed by atoms with van der Waals surface area (Å²) in [6.45, 7) is 0.949. The first-order chi connectivity index (χ1) is 9.37. The lowest BCUT2D eigenvalue weighted by Gasteiger charge is -2.13. The maximum absolute atomic E-state index is 12.2. The van der Waals surface area contributed by atoms with Gasteiger partial charge in [-0.05, 0) is 25.4 Å². The van der Waals surface area contributed by atoms with Gasteiger partial charge in [-0.25, -0.2) is 4.68 Å². The zero-order valence-electron chi connectivity index (χ0n) is 10.5. The first kappa shape index (κ1) is 15.1. The number of nitrogens with zero attached hydrogens (tertiary/aromatic N) is 2. The van der Waals surface area contributed by atoms with Crippen LogP contribution in [0.2, 0.25) is 5.02 Å². The second-order valence-corrected chi connectivity index (χ2v) is 5.07. The molecule has 0 spiro atoms.